The van der Waals surface area contributed by atoms with E-state index >= 15 is 0 Å². The van der Waals surface area contributed by atoms with Crippen LogP contribution in [-0.2, 0) is 23.9 Å². The molecule has 0 saturated carbocycles. The molecule has 0 aliphatic rings. The Hall–Kier alpha value is -3.10. The molecule has 0 aliphatic carbocycles. The van der Waals surface area contributed by atoms with E-state index in [1.54, 1.807) is 36.5 Å². The van der Waals surface area contributed by atoms with E-state index in [-0.39, 0.29) is 12.1 Å². The van der Waals surface area contributed by atoms with Crippen LogP contribution in [0.15, 0.2) is 60.8 Å². The molecule has 1 amide bonds. The third kappa shape index (κ3) is 6.44. The minimum Gasteiger partial charge on any atom is -0.457 e. The van der Waals surface area contributed by atoms with Crippen LogP contribution in [0.2, 0.25) is 5.02 Å². The van der Waals surface area contributed by atoms with Gasteiger partial charge in [-0.3, -0.25) is 9.78 Å². The summed E-state index contributed by atoms with van der Waals surface area (Å²) in [6.07, 6.45) is -2.53. The van der Waals surface area contributed by atoms with E-state index in [4.69, 9.17) is 22.1 Å². The van der Waals surface area contributed by atoms with Gasteiger partial charge < -0.3 is 15.8 Å². The summed E-state index contributed by atoms with van der Waals surface area (Å²) in [7, 11) is 0. The summed E-state index contributed by atoms with van der Waals surface area (Å²) in [6.45, 7) is 0.296. The number of amides is 1. The van der Waals surface area contributed by atoms with Gasteiger partial charge in [0.25, 0.3) is 0 Å². The summed E-state index contributed by atoms with van der Waals surface area (Å²) in [5.74, 6) is 0.761. The highest BCUT2D eigenvalue weighted by molar-refractivity contribution is 6.31. The first kappa shape index (κ1) is 22.6. The van der Waals surface area contributed by atoms with Crippen LogP contribution in [0.3, 0.4) is 0 Å². The molecule has 5 nitrogen and oxygen atoms in total. The lowest BCUT2D eigenvalue weighted by Gasteiger charge is -2.12. The Morgan fingerprint density at radius 1 is 1.10 bits per heavy atom. The average molecular weight is 450 g/mol. The van der Waals surface area contributed by atoms with Crippen LogP contribution < -0.4 is 15.8 Å². The molecule has 0 bridgehead atoms. The summed E-state index contributed by atoms with van der Waals surface area (Å²) < 4.78 is 44.7. The quantitative estimate of drug-likeness (QED) is 0.494. The average Bonchev–Trinajstić information content (AvgIpc) is 2.73. The monoisotopic (exact) mass is 449 g/mol. The molecule has 0 aliphatic heterocycles. The number of ether oxygens (including phenoxy) is 1. The number of carbonyl (C=O) groups is 1. The molecule has 31 heavy (non-hydrogen) atoms. The van der Waals surface area contributed by atoms with E-state index < -0.39 is 22.7 Å². The van der Waals surface area contributed by atoms with Gasteiger partial charge in [-0.05, 0) is 48.4 Å². The fourth-order valence-corrected chi connectivity index (χ4v) is 3.06. The normalized spacial score (nSPS) is 11.3. The highest BCUT2D eigenvalue weighted by Crippen LogP contribution is 2.36. The Balaban J connectivity index is 1.60. The van der Waals surface area contributed by atoms with Crippen LogP contribution in [0.1, 0.15) is 23.2 Å². The second kappa shape index (κ2) is 9.80. The number of carbonyl (C=O) groups excluding carboxylic acids is 1. The third-order valence-corrected chi connectivity index (χ3v) is 4.66. The van der Waals surface area contributed by atoms with Crippen LogP contribution >= 0.6 is 11.6 Å². The van der Waals surface area contributed by atoms with Crippen molar-refractivity contribution in [1.29, 1.82) is 0 Å². The number of anilines is 1. The maximum absolute atomic E-state index is 13.0. The molecular formula is C22H19ClF3N3O2. The molecule has 1 aromatic heterocycles. The van der Waals surface area contributed by atoms with E-state index in [2.05, 4.69) is 10.3 Å². The Kier molecular flexibility index (Phi) is 7.14. The van der Waals surface area contributed by atoms with Gasteiger partial charge in [-0.1, -0.05) is 23.7 Å². The zero-order chi connectivity index (χ0) is 22.4. The van der Waals surface area contributed by atoms with Crippen molar-refractivity contribution < 1.29 is 22.7 Å². The molecule has 2 aromatic carbocycles. The van der Waals surface area contributed by atoms with Crippen molar-refractivity contribution in [2.45, 2.75) is 25.6 Å². The lowest BCUT2D eigenvalue weighted by Crippen LogP contribution is -2.14. The summed E-state index contributed by atoms with van der Waals surface area (Å²) in [4.78, 5) is 16.3. The van der Waals surface area contributed by atoms with Crippen molar-refractivity contribution in [1.82, 2.24) is 4.98 Å². The fourth-order valence-electron chi connectivity index (χ4n) is 2.83. The summed E-state index contributed by atoms with van der Waals surface area (Å²) in [5.41, 5.74) is 6.15. The van der Waals surface area contributed by atoms with E-state index in [0.717, 1.165) is 17.7 Å². The molecule has 0 unspecified atom stereocenters. The lowest BCUT2D eigenvalue weighted by atomic mass is 10.1. The summed E-state index contributed by atoms with van der Waals surface area (Å²) in [5, 5.41) is 2.05. The topological polar surface area (TPSA) is 77.2 Å². The summed E-state index contributed by atoms with van der Waals surface area (Å²) >= 11 is 5.59. The molecular weight excluding hydrogens is 431 g/mol. The number of hydrogen-bond acceptors (Lipinski definition) is 4. The highest BCUT2D eigenvalue weighted by Gasteiger charge is 2.33. The summed E-state index contributed by atoms with van der Waals surface area (Å²) in [6, 6.07) is 13.9. The van der Waals surface area contributed by atoms with Gasteiger partial charge in [-0.25, -0.2) is 0 Å². The number of benzene rings is 2. The van der Waals surface area contributed by atoms with Gasteiger partial charge in [0.05, 0.1) is 16.3 Å². The highest BCUT2D eigenvalue weighted by atomic mass is 35.5. The number of nitrogens with two attached hydrogens (primary N) is 1. The van der Waals surface area contributed by atoms with Crippen LogP contribution in [0.5, 0.6) is 11.5 Å². The molecule has 0 spiro atoms. The number of pyridine rings is 1. The maximum atomic E-state index is 13.0. The van der Waals surface area contributed by atoms with E-state index in [1.807, 2.05) is 6.07 Å². The lowest BCUT2D eigenvalue weighted by molar-refractivity contribution is -0.137. The van der Waals surface area contributed by atoms with Crippen molar-refractivity contribution >= 4 is 23.2 Å². The maximum Gasteiger partial charge on any atom is 0.417 e. The number of alkyl halides is 3. The first-order valence-corrected chi connectivity index (χ1v) is 9.71. The first-order valence-electron chi connectivity index (χ1n) is 9.33. The van der Waals surface area contributed by atoms with Crippen LogP contribution in [0.25, 0.3) is 0 Å². The molecule has 162 valence electrons. The van der Waals surface area contributed by atoms with Gasteiger partial charge in [0, 0.05) is 30.9 Å². The first-order chi connectivity index (χ1) is 14.7. The molecule has 1 heterocycles. The molecule has 3 aromatic rings. The van der Waals surface area contributed by atoms with Gasteiger partial charge in [-0.2, -0.15) is 13.2 Å². The van der Waals surface area contributed by atoms with Gasteiger partial charge in [0.15, 0.2) is 0 Å². The van der Waals surface area contributed by atoms with Gasteiger partial charge >= 0.3 is 6.18 Å². The fraction of sp³-hybridized carbons (Fsp3) is 0.182. The zero-order valence-corrected chi connectivity index (χ0v) is 17.0. The number of nitrogens with one attached hydrogen (secondary N) is 1. The Labute approximate surface area is 182 Å². The third-order valence-electron chi connectivity index (χ3n) is 4.33. The van der Waals surface area contributed by atoms with E-state index in [9.17, 15) is 18.0 Å². The molecule has 0 atom stereocenters. The van der Waals surface area contributed by atoms with Gasteiger partial charge in [-0.15, -0.1) is 0 Å². The number of nitrogens with zero attached hydrogens (tertiary/aromatic N) is 1. The zero-order valence-electron chi connectivity index (χ0n) is 16.2. The number of aryl methyl sites for hydroxylation is 1. The predicted molar refractivity (Wildman–Crippen MR) is 112 cm³/mol. The molecule has 0 saturated heterocycles. The minimum absolute atomic E-state index is 0.0344. The van der Waals surface area contributed by atoms with Crippen molar-refractivity contribution in [3.8, 4) is 11.5 Å². The van der Waals surface area contributed by atoms with Gasteiger partial charge in [0.1, 0.15) is 11.5 Å². The number of aromatic nitrogens is 1. The van der Waals surface area contributed by atoms with Crippen molar-refractivity contribution in [2.75, 3.05) is 5.32 Å². The largest absolute Gasteiger partial charge is 0.457 e. The Morgan fingerprint density at radius 2 is 1.87 bits per heavy atom. The molecule has 0 fully saturated rings. The number of hydrogen-bond donors (Lipinski definition) is 2. The second-order valence-corrected chi connectivity index (χ2v) is 7.08. The second-order valence-electron chi connectivity index (χ2n) is 6.68. The molecule has 3 rings (SSSR count). The van der Waals surface area contributed by atoms with Gasteiger partial charge in [0.2, 0.25) is 5.91 Å². The van der Waals surface area contributed by atoms with Crippen LogP contribution in [-0.4, -0.2) is 10.9 Å². The van der Waals surface area contributed by atoms with Crippen molar-refractivity contribution in [2.24, 2.45) is 5.73 Å². The van der Waals surface area contributed by atoms with Crippen LogP contribution in [0.4, 0.5) is 18.9 Å². The minimum atomic E-state index is -4.60. The predicted octanol–water partition coefficient (Wildman–Crippen LogP) is 5.58. The standard InChI is InChI=1S/C22H19ClF3N3O2/c23-20-6-5-15(12-19(20)22(24,25)26)29-21(30)7-4-14-2-1-3-17(10-14)31-18-8-9-28-16(11-18)13-27/h1-3,5-6,8-12H,4,7,13,27H2,(H,29,30). The molecule has 9 heteroatoms. The number of rotatable bonds is 7. The Bertz CT molecular complexity index is 1070. The molecule has 3 N–H and O–H groups in total. The van der Waals surface area contributed by atoms with Crippen LogP contribution in [0, 0.1) is 0 Å². The van der Waals surface area contributed by atoms with E-state index in [0.29, 0.717) is 30.2 Å². The molecule has 0 radical (unpaired) electrons. The van der Waals surface area contributed by atoms with Crippen molar-refractivity contribution in [3.63, 3.8) is 0 Å². The Morgan fingerprint density at radius 3 is 2.61 bits per heavy atom. The number of halogens is 4. The van der Waals surface area contributed by atoms with Crippen molar-refractivity contribution in [3.05, 3.63) is 82.6 Å². The van der Waals surface area contributed by atoms with E-state index in [1.165, 1.54) is 6.07 Å². The SMILES string of the molecule is NCc1cc(Oc2cccc(CCC(=O)Nc3ccc(Cl)c(C(F)(F)F)c3)c2)ccn1. The smallest absolute Gasteiger partial charge is 0.417 e.